The van der Waals surface area contributed by atoms with Gasteiger partial charge in [-0.3, -0.25) is 0 Å². The third-order valence-electron chi connectivity index (χ3n) is 5.52. The zero-order valence-corrected chi connectivity index (χ0v) is 16.8. The molecular formula is C26H26O3. The molecule has 0 aromatic heterocycles. The first kappa shape index (κ1) is 19.1. The second-order valence-corrected chi connectivity index (χ2v) is 7.61. The molecule has 4 rings (SSSR count). The number of ether oxygens (including phenoxy) is 3. The first-order valence-corrected chi connectivity index (χ1v) is 10.0. The highest BCUT2D eigenvalue weighted by molar-refractivity contribution is 5.47. The summed E-state index contributed by atoms with van der Waals surface area (Å²) in [6, 6.07) is 24.4. The van der Waals surface area contributed by atoms with Crippen LogP contribution in [-0.4, -0.2) is 6.79 Å². The molecular weight excluding hydrogens is 360 g/mol. The Labute approximate surface area is 172 Å². The van der Waals surface area contributed by atoms with Crippen LogP contribution < -0.4 is 14.2 Å². The lowest BCUT2D eigenvalue weighted by Gasteiger charge is -2.26. The monoisotopic (exact) mass is 386 g/mol. The lowest BCUT2D eigenvalue weighted by atomic mass is 9.78. The minimum Gasteiger partial charge on any atom is -0.457 e. The molecule has 3 aromatic carbocycles. The highest BCUT2D eigenvalue weighted by Gasteiger charge is 2.25. The number of hydrogen-bond donors (Lipinski definition) is 0. The molecule has 1 heterocycles. The molecule has 3 aromatic rings. The highest BCUT2D eigenvalue weighted by atomic mass is 16.7. The maximum Gasteiger partial charge on any atom is 0.231 e. The average molecular weight is 386 g/mol. The van der Waals surface area contributed by atoms with E-state index in [2.05, 4.69) is 43.8 Å². The standard InChI is InChI=1S/C26H26O3/c1-3-26(2,21-14-15-24-25(18-21)28-19-27-24)16-8-10-20-9-7-13-23(17-20)29-22-11-5-4-6-12-22/h3-7,9,11-15,17-18H,1,8,10,16,19H2,2H3. The van der Waals surface area contributed by atoms with Crippen molar-refractivity contribution in [2.45, 2.75) is 31.6 Å². The topological polar surface area (TPSA) is 27.7 Å². The fourth-order valence-electron chi connectivity index (χ4n) is 3.66. The number of allylic oxidation sites excluding steroid dienone is 1. The summed E-state index contributed by atoms with van der Waals surface area (Å²) in [6.07, 6.45) is 5.07. The molecule has 1 unspecified atom stereocenters. The van der Waals surface area contributed by atoms with Gasteiger partial charge in [-0.25, -0.2) is 0 Å². The molecule has 0 fully saturated rings. The number of fused-ring (bicyclic) bond motifs is 1. The zero-order chi connectivity index (χ0) is 20.1. The van der Waals surface area contributed by atoms with Gasteiger partial charge in [-0.15, -0.1) is 6.58 Å². The minimum absolute atomic E-state index is 0.112. The predicted molar refractivity (Wildman–Crippen MR) is 116 cm³/mol. The van der Waals surface area contributed by atoms with E-state index in [1.807, 2.05) is 48.5 Å². The Hall–Kier alpha value is -3.20. The summed E-state index contributed by atoms with van der Waals surface area (Å²) < 4.78 is 16.9. The Bertz CT molecular complexity index is 980. The van der Waals surface area contributed by atoms with Crippen LogP contribution in [0.15, 0.2) is 85.5 Å². The zero-order valence-electron chi connectivity index (χ0n) is 16.8. The Balaban J connectivity index is 1.39. The van der Waals surface area contributed by atoms with Crippen LogP contribution in [-0.2, 0) is 11.8 Å². The Morgan fingerprint density at radius 2 is 1.72 bits per heavy atom. The third-order valence-corrected chi connectivity index (χ3v) is 5.52. The molecule has 3 heteroatoms. The van der Waals surface area contributed by atoms with E-state index in [-0.39, 0.29) is 5.41 Å². The predicted octanol–water partition coefficient (Wildman–Crippen LogP) is 6.67. The molecule has 3 nitrogen and oxygen atoms in total. The van der Waals surface area contributed by atoms with Gasteiger partial charge in [-0.05, 0) is 66.8 Å². The van der Waals surface area contributed by atoms with Crippen molar-refractivity contribution < 1.29 is 14.2 Å². The molecule has 148 valence electrons. The van der Waals surface area contributed by atoms with Crippen LogP contribution in [0, 0.1) is 0 Å². The molecule has 1 atom stereocenters. The Kier molecular flexibility index (Phi) is 5.57. The lowest BCUT2D eigenvalue weighted by Crippen LogP contribution is -2.18. The van der Waals surface area contributed by atoms with E-state index >= 15 is 0 Å². The van der Waals surface area contributed by atoms with Gasteiger partial charge < -0.3 is 14.2 Å². The summed E-state index contributed by atoms with van der Waals surface area (Å²) in [5.74, 6) is 3.36. The maximum absolute atomic E-state index is 5.96. The van der Waals surface area contributed by atoms with Crippen LogP contribution in [0.5, 0.6) is 23.0 Å². The van der Waals surface area contributed by atoms with Gasteiger partial charge in [-0.2, -0.15) is 0 Å². The number of hydrogen-bond acceptors (Lipinski definition) is 3. The van der Waals surface area contributed by atoms with Gasteiger partial charge >= 0.3 is 0 Å². The van der Waals surface area contributed by atoms with Crippen molar-refractivity contribution in [3.63, 3.8) is 0 Å². The van der Waals surface area contributed by atoms with Gasteiger partial charge in [0.25, 0.3) is 0 Å². The molecule has 0 saturated carbocycles. The second-order valence-electron chi connectivity index (χ2n) is 7.61. The van der Waals surface area contributed by atoms with Crippen LogP contribution in [0.4, 0.5) is 0 Å². The summed E-state index contributed by atoms with van der Waals surface area (Å²) in [5.41, 5.74) is 2.37. The maximum atomic E-state index is 5.96. The molecule has 0 N–H and O–H groups in total. The van der Waals surface area contributed by atoms with Crippen LogP contribution in [0.2, 0.25) is 0 Å². The summed E-state index contributed by atoms with van der Waals surface area (Å²) in [6.45, 7) is 6.62. The summed E-state index contributed by atoms with van der Waals surface area (Å²) in [4.78, 5) is 0. The van der Waals surface area contributed by atoms with E-state index in [0.717, 1.165) is 42.3 Å². The Morgan fingerprint density at radius 1 is 0.931 bits per heavy atom. The van der Waals surface area contributed by atoms with Crippen LogP contribution in [0.25, 0.3) is 0 Å². The van der Waals surface area contributed by atoms with Crippen LogP contribution in [0.3, 0.4) is 0 Å². The number of para-hydroxylation sites is 1. The van der Waals surface area contributed by atoms with E-state index in [1.165, 1.54) is 11.1 Å². The number of aryl methyl sites for hydroxylation is 1. The van der Waals surface area contributed by atoms with Crippen LogP contribution >= 0.6 is 0 Å². The molecule has 1 aliphatic heterocycles. The van der Waals surface area contributed by atoms with Gasteiger partial charge in [0.05, 0.1) is 0 Å². The third kappa shape index (κ3) is 4.45. The highest BCUT2D eigenvalue weighted by Crippen LogP contribution is 2.39. The average Bonchev–Trinajstić information content (AvgIpc) is 3.22. The van der Waals surface area contributed by atoms with E-state index in [4.69, 9.17) is 14.2 Å². The van der Waals surface area contributed by atoms with Gasteiger partial charge in [-0.1, -0.05) is 49.4 Å². The molecule has 0 bridgehead atoms. The first-order valence-electron chi connectivity index (χ1n) is 10.0. The van der Waals surface area contributed by atoms with Crippen molar-refractivity contribution in [1.29, 1.82) is 0 Å². The quantitative estimate of drug-likeness (QED) is 0.404. The fourth-order valence-corrected chi connectivity index (χ4v) is 3.66. The molecule has 0 aliphatic carbocycles. The lowest BCUT2D eigenvalue weighted by molar-refractivity contribution is 0.174. The van der Waals surface area contributed by atoms with Crippen molar-refractivity contribution in [2.24, 2.45) is 0 Å². The molecule has 0 saturated heterocycles. The molecule has 0 spiro atoms. The van der Waals surface area contributed by atoms with Gasteiger partial charge in [0.1, 0.15) is 11.5 Å². The SMILES string of the molecule is C=CC(C)(CCCc1cccc(Oc2ccccc2)c1)c1ccc2c(c1)OCO2. The number of benzene rings is 3. The van der Waals surface area contributed by atoms with Crippen molar-refractivity contribution in [3.05, 3.63) is 96.6 Å². The second kappa shape index (κ2) is 8.44. The number of rotatable bonds is 8. The van der Waals surface area contributed by atoms with Gasteiger partial charge in [0.2, 0.25) is 6.79 Å². The molecule has 0 amide bonds. The fraction of sp³-hybridized carbons (Fsp3) is 0.231. The van der Waals surface area contributed by atoms with Crippen molar-refractivity contribution >= 4 is 0 Å². The van der Waals surface area contributed by atoms with E-state index in [1.54, 1.807) is 0 Å². The van der Waals surface area contributed by atoms with Crippen LogP contribution in [0.1, 0.15) is 30.9 Å². The minimum atomic E-state index is -0.112. The van der Waals surface area contributed by atoms with E-state index in [0.29, 0.717) is 6.79 Å². The van der Waals surface area contributed by atoms with Gasteiger partial charge in [0, 0.05) is 5.41 Å². The van der Waals surface area contributed by atoms with E-state index < -0.39 is 0 Å². The van der Waals surface area contributed by atoms with Crippen molar-refractivity contribution in [1.82, 2.24) is 0 Å². The molecule has 1 aliphatic rings. The van der Waals surface area contributed by atoms with Gasteiger partial charge in [0.15, 0.2) is 11.5 Å². The smallest absolute Gasteiger partial charge is 0.231 e. The van der Waals surface area contributed by atoms with E-state index in [9.17, 15) is 0 Å². The molecule has 0 radical (unpaired) electrons. The van der Waals surface area contributed by atoms with Crippen molar-refractivity contribution in [3.8, 4) is 23.0 Å². The van der Waals surface area contributed by atoms with Crippen molar-refractivity contribution in [2.75, 3.05) is 6.79 Å². The summed E-state index contributed by atoms with van der Waals surface area (Å²) in [7, 11) is 0. The Morgan fingerprint density at radius 3 is 2.55 bits per heavy atom. The molecule has 29 heavy (non-hydrogen) atoms. The largest absolute Gasteiger partial charge is 0.457 e. The summed E-state index contributed by atoms with van der Waals surface area (Å²) in [5, 5.41) is 0. The normalized spacial score (nSPS) is 14.2. The first-order chi connectivity index (χ1) is 14.2. The summed E-state index contributed by atoms with van der Waals surface area (Å²) >= 11 is 0.